The number of nitrogens with zero attached hydrogens (tertiary/aromatic N) is 2. The Kier molecular flexibility index (Phi) is 6.50. The van der Waals surface area contributed by atoms with E-state index in [1.54, 1.807) is 0 Å². The lowest BCUT2D eigenvalue weighted by Crippen LogP contribution is -2.06. The van der Waals surface area contributed by atoms with Crippen molar-refractivity contribution in [3.8, 4) is 5.75 Å². The lowest BCUT2D eigenvalue weighted by Gasteiger charge is -2.09. The zero-order valence-electron chi connectivity index (χ0n) is 17.0. The van der Waals surface area contributed by atoms with E-state index in [1.165, 1.54) is 17.3 Å². The monoisotopic (exact) mass is 416 g/mol. The van der Waals surface area contributed by atoms with Gasteiger partial charge < -0.3 is 9.30 Å². The third-order valence-electron chi connectivity index (χ3n) is 4.91. The largest absolute Gasteiger partial charge is 0.494 e. The van der Waals surface area contributed by atoms with E-state index in [-0.39, 0.29) is 5.78 Å². The van der Waals surface area contributed by atoms with E-state index in [2.05, 4.69) is 34.9 Å². The zero-order valence-corrected chi connectivity index (χ0v) is 17.8. The van der Waals surface area contributed by atoms with Crippen LogP contribution in [0.4, 0.5) is 0 Å². The molecule has 0 saturated heterocycles. The molecule has 1 heterocycles. The second-order valence-electron chi connectivity index (χ2n) is 6.94. The summed E-state index contributed by atoms with van der Waals surface area (Å²) in [5, 5.41) is 0.881. The first-order valence-corrected chi connectivity index (χ1v) is 11.1. The van der Waals surface area contributed by atoms with E-state index < -0.39 is 0 Å². The highest BCUT2D eigenvalue weighted by Gasteiger charge is 2.14. The molecule has 4 nitrogen and oxygen atoms in total. The summed E-state index contributed by atoms with van der Waals surface area (Å²) in [6, 6.07) is 25.9. The SMILES string of the molecule is CCOc1ccc(C(=O)CSc2nc3ccccc3n2CCc2ccccc2)cc1. The predicted octanol–water partition coefficient (Wildman–Crippen LogP) is 5.65. The van der Waals surface area contributed by atoms with Crippen molar-refractivity contribution in [2.75, 3.05) is 12.4 Å². The molecule has 152 valence electrons. The van der Waals surface area contributed by atoms with Gasteiger partial charge in [0.1, 0.15) is 5.75 Å². The Morgan fingerprint density at radius 1 is 0.967 bits per heavy atom. The number of carbonyl (C=O) groups is 1. The number of Topliss-reactive ketones (excluding diaryl/α,β-unsaturated/α-hetero) is 1. The van der Waals surface area contributed by atoms with Gasteiger partial charge in [0.15, 0.2) is 10.9 Å². The Morgan fingerprint density at radius 2 is 1.70 bits per heavy atom. The van der Waals surface area contributed by atoms with E-state index in [4.69, 9.17) is 9.72 Å². The van der Waals surface area contributed by atoms with Crippen LogP contribution < -0.4 is 4.74 Å². The van der Waals surface area contributed by atoms with Gasteiger partial charge >= 0.3 is 0 Å². The van der Waals surface area contributed by atoms with Gasteiger partial charge in [-0.15, -0.1) is 0 Å². The molecular formula is C25H24N2O2S. The molecule has 0 bridgehead atoms. The Bertz CT molecular complexity index is 1120. The molecule has 0 unspecified atom stereocenters. The van der Waals surface area contributed by atoms with Crippen LogP contribution in [0.15, 0.2) is 84.0 Å². The average molecular weight is 417 g/mol. The molecule has 0 amide bonds. The third-order valence-corrected chi connectivity index (χ3v) is 5.88. The Hall–Kier alpha value is -3.05. The number of hydrogen-bond acceptors (Lipinski definition) is 4. The number of benzene rings is 3. The topological polar surface area (TPSA) is 44.1 Å². The van der Waals surface area contributed by atoms with Crippen molar-refractivity contribution in [1.82, 2.24) is 9.55 Å². The van der Waals surface area contributed by atoms with Gasteiger partial charge in [-0.05, 0) is 55.3 Å². The molecule has 1 aromatic heterocycles. The van der Waals surface area contributed by atoms with Crippen molar-refractivity contribution < 1.29 is 9.53 Å². The number of thioether (sulfide) groups is 1. The fourth-order valence-corrected chi connectivity index (χ4v) is 4.32. The van der Waals surface area contributed by atoms with Gasteiger partial charge in [0.2, 0.25) is 0 Å². The molecular weight excluding hydrogens is 392 g/mol. The van der Waals surface area contributed by atoms with Gasteiger partial charge in [-0.2, -0.15) is 0 Å². The minimum absolute atomic E-state index is 0.0877. The molecule has 3 aromatic carbocycles. The molecule has 0 atom stereocenters. The fourth-order valence-electron chi connectivity index (χ4n) is 3.38. The summed E-state index contributed by atoms with van der Waals surface area (Å²) < 4.78 is 7.67. The van der Waals surface area contributed by atoms with E-state index in [9.17, 15) is 4.79 Å². The van der Waals surface area contributed by atoms with Crippen LogP contribution in [-0.2, 0) is 13.0 Å². The molecule has 0 aliphatic carbocycles. The number of ether oxygens (including phenoxy) is 1. The molecule has 0 fully saturated rings. The van der Waals surface area contributed by atoms with Crippen LogP contribution in [0, 0.1) is 0 Å². The second kappa shape index (κ2) is 9.63. The second-order valence-corrected chi connectivity index (χ2v) is 7.88. The summed E-state index contributed by atoms with van der Waals surface area (Å²) in [6.45, 7) is 3.38. The van der Waals surface area contributed by atoms with Crippen molar-refractivity contribution in [3.63, 3.8) is 0 Å². The van der Waals surface area contributed by atoms with Gasteiger partial charge in [-0.1, -0.05) is 54.2 Å². The lowest BCUT2D eigenvalue weighted by atomic mass is 10.1. The summed E-state index contributed by atoms with van der Waals surface area (Å²) in [4.78, 5) is 17.5. The van der Waals surface area contributed by atoms with Gasteiger partial charge in [0, 0.05) is 12.1 Å². The first-order valence-electron chi connectivity index (χ1n) is 10.1. The van der Waals surface area contributed by atoms with Crippen LogP contribution in [0.2, 0.25) is 0 Å². The smallest absolute Gasteiger partial charge is 0.173 e. The maximum atomic E-state index is 12.7. The van der Waals surface area contributed by atoms with Crippen molar-refractivity contribution in [3.05, 3.63) is 90.0 Å². The molecule has 0 radical (unpaired) electrons. The molecule has 4 rings (SSSR count). The first kappa shape index (κ1) is 20.2. The standard InChI is InChI=1S/C25H24N2O2S/c1-2-29-21-14-12-20(13-15-21)24(28)18-30-25-26-22-10-6-7-11-23(22)27(25)17-16-19-8-4-3-5-9-19/h3-15H,2,16-18H2,1H3. The maximum Gasteiger partial charge on any atom is 0.173 e. The predicted molar refractivity (Wildman–Crippen MR) is 123 cm³/mol. The van der Waals surface area contributed by atoms with E-state index >= 15 is 0 Å². The number of hydrogen-bond donors (Lipinski definition) is 0. The quantitative estimate of drug-likeness (QED) is 0.261. The van der Waals surface area contributed by atoms with E-state index in [0.717, 1.165) is 34.9 Å². The minimum Gasteiger partial charge on any atom is -0.494 e. The Labute approximate surface area is 180 Å². The van der Waals surface area contributed by atoms with E-state index in [0.29, 0.717) is 17.9 Å². The highest BCUT2D eigenvalue weighted by atomic mass is 32.2. The van der Waals surface area contributed by atoms with Crippen LogP contribution in [0.3, 0.4) is 0 Å². The normalized spacial score (nSPS) is 11.0. The summed E-state index contributed by atoms with van der Waals surface area (Å²) in [6.07, 6.45) is 0.918. The average Bonchev–Trinajstić information content (AvgIpc) is 3.15. The minimum atomic E-state index is 0.0877. The summed E-state index contributed by atoms with van der Waals surface area (Å²) in [5.41, 5.74) is 4.04. The van der Waals surface area contributed by atoms with Gasteiger partial charge in [-0.25, -0.2) is 4.98 Å². The summed E-state index contributed by atoms with van der Waals surface area (Å²) in [7, 11) is 0. The van der Waals surface area contributed by atoms with Crippen LogP contribution in [0.5, 0.6) is 5.75 Å². The number of aryl methyl sites for hydroxylation is 2. The Morgan fingerprint density at radius 3 is 2.47 bits per heavy atom. The van der Waals surface area contributed by atoms with Crippen LogP contribution in [0.25, 0.3) is 11.0 Å². The summed E-state index contributed by atoms with van der Waals surface area (Å²) >= 11 is 1.50. The molecule has 0 N–H and O–H groups in total. The third kappa shape index (κ3) is 4.74. The molecule has 0 spiro atoms. The number of fused-ring (bicyclic) bond motifs is 1. The first-order chi connectivity index (χ1) is 14.7. The van der Waals surface area contributed by atoms with Gasteiger partial charge in [0.25, 0.3) is 0 Å². The highest BCUT2D eigenvalue weighted by molar-refractivity contribution is 7.99. The maximum absolute atomic E-state index is 12.7. The Balaban J connectivity index is 1.49. The number of aromatic nitrogens is 2. The van der Waals surface area contributed by atoms with Crippen LogP contribution >= 0.6 is 11.8 Å². The van der Waals surface area contributed by atoms with Crippen molar-refractivity contribution in [1.29, 1.82) is 0 Å². The fraction of sp³-hybridized carbons (Fsp3) is 0.200. The number of rotatable bonds is 9. The molecule has 30 heavy (non-hydrogen) atoms. The van der Waals surface area contributed by atoms with Gasteiger partial charge in [-0.3, -0.25) is 4.79 Å². The number of imidazole rings is 1. The molecule has 4 aromatic rings. The van der Waals surface area contributed by atoms with Crippen molar-refractivity contribution in [2.24, 2.45) is 0 Å². The highest BCUT2D eigenvalue weighted by Crippen LogP contribution is 2.25. The van der Waals surface area contributed by atoms with Crippen LogP contribution in [0.1, 0.15) is 22.8 Å². The molecule has 0 aliphatic heterocycles. The van der Waals surface area contributed by atoms with Crippen LogP contribution in [-0.4, -0.2) is 27.7 Å². The van der Waals surface area contributed by atoms with Crippen molar-refractivity contribution in [2.45, 2.75) is 25.0 Å². The zero-order chi connectivity index (χ0) is 20.8. The summed E-state index contributed by atoms with van der Waals surface area (Å²) in [5.74, 6) is 1.22. The lowest BCUT2D eigenvalue weighted by molar-refractivity contribution is 0.102. The molecule has 0 aliphatic rings. The van der Waals surface area contributed by atoms with Gasteiger partial charge in [0.05, 0.1) is 23.4 Å². The molecule has 0 saturated carbocycles. The number of ketones is 1. The van der Waals surface area contributed by atoms with Crippen molar-refractivity contribution >= 4 is 28.6 Å². The number of carbonyl (C=O) groups excluding carboxylic acids is 1. The van der Waals surface area contributed by atoms with E-state index in [1.807, 2.05) is 55.5 Å². The molecule has 5 heteroatoms. The number of para-hydroxylation sites is 2.